The maximum absolute atomic E-state index is 12.7. The molecule has 0 saturated carbocycles. The Morgan fingerprint density at radius 2 is 1.81 bits per heavy atom. The van der Waals surface area contributed by atoms with Crippen LogP contribution in [-0.4, -0.2) is 33.2 Å². The second-order valence-corrected chi connectivity index (χ2v) is 6.56. The highest BCUT2D eigenvalue weighted by molar-refractivity contribution is 5.94. The molecule has 4 rings (SSSR count). The van der Waals surface area contributed by atoms with Crippen molar-refractivity contribution in [1.29, 1.82) is 0 Å². The number of carbonyl (C=O) groups excluding carboxylic acids is 1. The van der Waals surface area contributed by atoms with Crippen molar-refractivity contribution in [2.75, 3.05) is 7.05 Å². The molecule has 5 heteroatoms. The molecular weight excluding hydrogens is 338 g/mol. The number of nitrogens with one attached hydrogen (secondary N) is 1. The molecule has 0 spiro atoms. The molecule has 4 aromatic rings. The Kier molecular flexibility index (Phi) is 4.34. The molecule has 1 amide bonds. The Balaban J connectivity index is 1.54. The van der Waals surface area contributed by atoms with Crippen LogP contribution >= 0.6 is 0 Å². The van der Waals surface area contributed by atoms with Gasteiger partial charge in [0.05, 0.1) is 5.69 Å². The van der Waals surface area contributed by atoms with Gasteiger partial charge in [0.2, 0.25) is 0 Å². The molecule has 0 aliphatic heterocycles. The topological polar surface area (TPSA) is 69.2 Å². The van der Waals surface area contributed by atoms with Crippen LogP contribution in [0.2, 0.25) is 0 Å². The average Bonchev–Trinajstić information content (AvgIpc) is 3.17. The van der Waals surface area contributed by atoms with Crippen molar-refractivity contribution in [3.63, 3.8) is 0 Å². The average molecular weight is 357 g/mol. The highest BCUT2D eigenvalue weighted by atomic mass is 16.3. The molecule has 2 N–H and O–H groups in total. The predicted octanol–water partition coefficient (Wildman–Crippen LogP) is 4.21. The van der Waals surface area contributed by atoms with E-state index in [1.54, 1.807) is 36.2 Å². The minimum absolute atomic E-state index is 0.155. The minimum atomic E-state index is -0.155. The van der Waals surface area contributed by atoms with E-state index in [0.29, 0.717) is 12.2 Å². The number of phenols is 1. The quantitative estimate of drug-likeness (QED) is 0.575. The first-order valence-corrected chi connectivity index (χ1v) is 8.68. The Bertz CT molecular complexity index is 1120. The molecule has 0 saturated heterocycles. The van der Waals surface area contributed by atoms with Crippen LogP contribution in [0.25, 0.3) is 22.0 Å². The maximum atomic E-state index is 12.7. The van der Waals surface area contributed by atoms with Gasteiger partial charge >= 0.3 is 0 Å². The molecule has 5 nitrogen and oxygen atoms in total. The van der Waals surface area contributed by atoms with Gasteiger partial charge in [-0.3, -0.25) is 9.89 Å². The van der Waals surface area contributed by atoms with E-state index in [2.05, 4.69) is 34.5 Å². The predicted molar refractivity (Wildman–Crippen MR) is 105 cm³/mol. The second kappa shape index (κ2) is 6.96. The van der Waals surface area contributed by atoms with Crippen molar-refractivity contribution >= 4 is 16.7 Å². The van der Waals surface area contributed by atoms with Gasteiger partial charge in [-0.2, -0.15) is 5.10 Å². The summed E-state index contributed by atoms with van der Waals surface area (Å²) in [5.41, 5.74) is 2.98. The van der Waals surface area contributed by atoms with Gasteiger partial charge in [-0.15, -0.1) is 0 Å². The number of H-pyrrole nitrogens is 1. The number of nitrogens with zero attached hydrogens (tertiary/aromatic N) is 2. The molecule has 0 bridgehead atoms. The molecule has 3 aromatic carbocycles. The van der Waals surface area contributed by atoms with Gasteiger partial charge in [0.25, 0.3) is 5.91 Å². The molecule has 1 aromatic heterocycles. The number of carbonyl (C=O) groups is 1. The first-order chi connectivity index (χ1) is 13.1. The monoisotopic (exact) mass is 357 g/mol. The summed E-state index contributed by atoms with van der Waals surface area (Å²) in [5.74, 6) is 0.0337. The van der Waals surface area contributed by atoms with Crippen LogP contribution in [0.5, 0.6) is 5.75 Å². The normalized spacial score (nSPS) is 10.9. The molecule has 0 atom stereocenters. The molecule has 27 heavy (non-hydrogen) atoms. The number of fused-ring (bicyclic) bond motifs is 1. The van der Waals surface area contributed by atoms with E-state index < -0.39 is 0 Å². The lowest BCUT2D eigenvalue weighted by Gasteiger charge is -2.16. The zero-order valence-corrected chi connectivity index (χ0v) is 14.9. The molecule has 0 aliphatic carbocycles. The third-order valence-electron chi connectivity index (χ3n) is 4.53. The van der Waals surface area contributed by atoms with Crippen molar-refractivity contribution in [2.45, 2.75) is 6.54 Å². The summed E-state index contributed by atoms with van der Waals surface area (Å²) in [4.78, 5) is 14.3. The van der Waals surface area contributed by atoms with Gasteiger partial charge in [0.15, 0.2) is 0 Å². The Morgan fingerprint density at radius 1 is 1.00 bits per heavy atom. The summed E-state index contributed by atoms with van der Waals surface area (Å²) < 4.78 is 0. The number of phenolic OH excluding ortho intramolecular Hbond substituents is 1. The first-order valence-electron chi connectivity index (χ1n) is 8.68. The van der Waals surface area contributed by atoms with Gasteiger partial charge < -0.3 is 10.0 Å². The second-order valence-electron chi connectivity index (χ2n) is 6.56. The summed E-state index contributed by atoms with van der Waals surface area (Å²) >= 11 is 0. The van der Waals surface area contributed by atoms with Gasteiger partial charge in [-0.1, -0.05) is 48.5 Å². The fraction of sp³-hybridized carbons (Fsp3) is 0.0909. The van der Waals surface area contributed by atoms with Crippen LogP contribution in [0.3, 0.4) is 0 Å². The highest BCUT2D eigenvalue weighted by Gasteiger charge is 2.16. The Morgan fingerprint density at radius 3 is 2.63 bits per heavy atom. The van der Waals surface area contributed by atoms with E-state index in [9.17, 15) is 9.90 Å². The SMILES string of the molecule is CN(Cc1cccc(O)c1)C(=O)c1cc(-c2ccc3ccccc3c2)n[nH]1. The van der Waals surface area contributed by atoms with Crippen LogP contribution in [-0.2, 0) is 6.54 Å². The smallest absolute Gasteiger partial charge is 0.271 e. The molecular formula is C22H19N3O2. The van der Waals surface area contributed by atoms with Crippen molar-refractivity contribution in [1.82, 2.24) is 15.1 Å². The molecule has 0 fully saturated rings. The summed E-state index contributed by atoms with van der Waals surface area (Å²) in [7, 11) is 1.73. The number of rotatable bonds is 4. The molecule has 0 unspecified atom stereocenters. The van der Waals surface area contributed by atoms with Crippen LogP contribution in [0.1, 0.15) is 16.1 Å². The number of aromatic amines is 1. The largest absolute Gasteiger partial charge is 0.508 e. The fourth-order valence-electron chi connectivity index (χ4n) is 3.13. The molecule has 0 aliphatic rings. The third-order valence-corrected chi connectivity index (χ3v) is 4.53. The fourth-order valence-corrected chi connectivity index (χ4v) is 3.13. The van der Waals surface area contributed by atoms with Gasteiger partial charge in [0, 0.05) is 19.2 Å². The maximum Gasteiger partial charge on any atom is 0.271 e. The van der Waals surface area contributed by atoms with Crippen molar-refractivity contribution in [3.8, 4) is 17.0 Å². The lowest BCUT2D eigenvalue weighted by atomic mass is 10.1. The van der Waals surface area contributed by atoms with Gasteiger partial charge in [0.1, 0.15) is 11.4 Å². The van der Waals surface area contributed by atoms with Crippen molar-refractivity contribution < 1.29 is 9.90 Å². The number of benzene rings is 3. The molecule has 0 radical (unpaired) electrons. The number of amides is 1. The number of aromatic hydroxyl groups is 1. The molecule has 1 heterocycles. The molecule has 134 valence electrons. The highest BCUT2D eigenvalue weighted by Crippen LogP contribution is 2.24. The van der Waals surface area contributed by atoms with E-state index in [1.165, 1.54) is 5.39 Å². The lowest BCUT2D eigenvalue weighted by molar-refractivity contribution is 0.0779. The number of hydrogen-bond acceptors (Lipinski definition) is 3. The van der Waals surface area contributed by atoms with Gasteiger partial charge in [-0.05, 0) is 40.6 Å². The van der Waals surface area contributed by atoms with Crippen LogP contribution in [0.15, 0.2) is 72.8 Å². The van der Waals surface area contributed by atoms with Crippen molar-refractivity contribution in [3.05, 3.63) is 84.1 Å². The zero-order valence-electron chi connectivity index (χ0n) is 14.9. The van der Waals surface area contributed by atoms with E-state index in [1.807, 2.05) is 24.3 Å². The summed E-state index contributed by atoms with van der Waals surface area (Å²) in [6, 6.07) is 22.9. The zero-order chi connectivity index (χ0) is 18.8. The lowest BCUT2D eigenvalue weighted by Crippen LogP contribution is -2.26. The van der Waals surface area contributed by atoms with Gasteiger partial charge in [-0.25, -0.2) is 0 Å². The first kappa shape index (κ1) is 16.8. The minimum Gasteiger partial charge on any atom is -0.508 e. The standard InChI is InChI=1S/C22H19N3O2/c1-25(14-15-5-4-8-19(26)11-15)22(27)21-13-20(23-24-21)18-10-9-16-6-2-3-7-17(16)12-18/h2-13,26H,14H2,1H3,(H,23,24). The van der Waals surface area contributed by atoms with Crippen LogP contribution in [0.4, 0.5) is 0 Å². The van der Waals surface area contributed by atoms with Crippen LogP contribution in [0, 0.1) is 0 Å². The Labute approximate surface area is 156 Å². The summed E-state index contributed by atoms with van der Waals surface area (Å²) in [6.07, 6.45) is 0. The Hall–Kier alpha value is -3.60. The van der Waals surface area contributed by atoms with E-state index in [-0.39, 0.29) is 11.7 Å². The summed E-state index contributed by atoms with van der Waals surface area (Å²) in [5, 5.41) is 19.0. The third kappa shape index (κ3) is 3.53. The summed E-state index contributed by atoms with van der Waals surface area (Å²) in [6.45, 7) is 0.400. The number of hydrogen-bond donors (Lipinski definition) is 2. The number of aromatic nitrogens is 2. The van der Waals surface area contributed by atoms with Crippen LogP contribution < -0.4 is 0 Å². The van der Waals surface area contributed by atoms with E-state index in [0.717, 1.165) is 22.2 Å². The van der Waals surface area contributed by atoms with E-state index >= 15 is 0 Å². The van der Waals surface area contributed by atoms with E-state index in [4.69, 9.17) is 0 Å². The van der Waals surface area contributed by atoms with Crippen molar-refractivity contribution in [2.24, 2.45) is 0 Å².